The van der Waals surface area contributed by atoms with Gasteiger partial charge in [0.1, 0.15) is 5.75 Å². The van der Waals surface area contributed by atoms with E-state index in [0.717, 1.165) is 6.54 Å². The average Bonchev–Trinajstić information content (AvgIpc) is 2.53. The Hall–Kier alpha value is -0.870. The van der Waals surface area contributed by atoms with Gasteiger partial charge in [0.05, 0.1) is 6.54 Å². The van der Waals surface area contributed by atoms with Crippen LogP contribution >= 0.6 is 11.3 Å². The second-order valence-corrected chi connectivity index (χ2v) is 2.99. The summed E-state index contributed by atoms with van der Waals surface area (Å²) in [6, 6.07) is 1.77. The minimum Gasteiger partial charge on any atom is -0.425 e. The molecule has 0 saturated heterocycles. The zero-order valence-corrected chi connectivity index (χ0v) is 7.69. The van der Waals surface area contributed by atoms with Gasteiger partial charge in [0.2, 0.25) is 0 Å². The standard InChI is InChI=1S/C8H11NO2S/c1-2-9-5-8(10)11-7-3-4-12-6-7/h3-4,6,9H,2,5H2,1H3. The maximum atomic E-state index is 11.0. The quantitative estimate of drug-likeness (QED) is 0.718. The van der Waals surface area contributed by atoms with E-state index in [1.165, 1.54) is 11.3 Å². The van der Waals surface area contributed by atoms with Crippen LogP contribution in [0.5, 0.6) is 5.75 Å². The number of carbonyl (C=O) groups excluding carboxylic acids is 1. The summed E-state index contributed by atoms with van der Waals surface area (Å²) in [4.78, 5) is 11.0. The van der Waals surface area contributed by atoms with Gasteiger partial charge in [-0.2, -0.15) is 0 Å². The van der Waals surface area contributed by atoms with Crippen molar-refractivity contribution in [2.75, 3.05) is 13.1 Å². The van der Waals surface area contributed by atoms with Gasteiger partial charge in [-0.15, -0.1) is 11.3 Å². The summed E-state index contributed by atoms with van der Waals surface area (Å²) in [5.74, 6) is 0.387. The number of rotatable bonds is 4. The summed E-state index contributed by atoms with van der Waals surface area (Å²) in [6.07, 6.45) is 0. The third kappa shape index (κ3) is 3.02. The Morgan fingerprint density at radius 3 is 3.17 bits per heavy atom. The summed E-state index contributed by atoms with van der Waals surface area (Å²) in [5, 5.41) is 6.56. The van der Waals surface area contributed by atoms with Crippen LogP contribution in [0, 0.1) is 0 Å². The van der Waals surface area contributed by atoms with E-state index in [9.17, 15) is 4.79 Å². The lowest BCUT2D eigenvalue weighted by atomic mass is 10.5. The molecule has 12 heavy (non-hydrogen) atoms. The van der Waals surface area contributed by atoms with Gasteiger partial charge in [-0.3, -0.25) is 4.79 Å². The molecule has 0 amide bonds. The van der Waals surface area contributed by atoms with Crippen LogP contribution in [0.15, 0.2) is 16.8 Å². The minimum absolute atomic E-state index is 0.241. The molecule has 0 radical (unpaired) electrons. The van der Waals surface area contributed by atoms with Crippen molar-refractivity contribution in [2.24, 2.45) is 0 Å². The highest BCUT2D eigenvalue weighted by molar-refractivity contribution is 7.08. The van der Waals surface area contributed by atoms with Crippen molar-refractivity contribution in [3.63, 3.8) is 0 Å². The van der Waals surface area contributed by atoms with E-state index in [-0.39, 0.29) is 12.5 Å². The third-order valence-corrected chi connectivity index (χ3v) is 1.91. The second kappa shape index (κ2) is 4.90. The van der Waals surface area contributed by atoms with Crippen LogP contribution in [0.1, 0.15) is 6.92 Å². The maximum absolute atomic E-state index is 11.0. The highest BCUT2D eigenvalue weighted by Crippen LogP contribution is 2.14. The van der Waals surface area contributed by atoms with Crippen LogP contribution in [0.3, 0.4) is 0 Å². The first-order valence-electron chi connectivity index (χ1n) is 3.76. The van der Waals surface area contributed by atoms with Crippen molar-refractivity contribution in [3.8, 4) is 5.75 Å². The lowest BCUT2D eigenvalue weighted by molar-refractivity contribution is -0.133. The first kappa shape index (κ1) is 9.22. The van der Waals surface area contributed by atoms with Crippen molar-refractivity contribution < 1.29 is 9.53 Å². The molecule has 1 N–H and O–H groups in total. The van der Waals surface area contributed by atoms with Crippen molar-refractivity contribution in [1.29, 1.82) is 0 Å². The zero-order chi connectivity index (χ0) is 8.81. The molecule has 1 aromatic rings. The molecular formula is C8H11NO2S. The predicted molar refractivity (Wildman–Crippen MR) is 48.5 cm³/mol. The van der Waals surface area contributed by atoms with Crippen LogP contribution in [-0.2, 0) is 4.79 Å². The highest BCUT2D eigenvalue weighted by Gasteiger charge is 2.02. The second-order valence-electron chi connectivity index (χ2n) is 2.21. The number of nitrogens with one attached hydrogen (secondary N) is 1. The van der Waals surface area contributed by atoms with Crippen molar-refractivity contribution >= 4 is 17.3 Å². The molecule has 1 aromatic heterocycles. The molecule has 0 aliphatic rings. The molecule has 1 rings (SSSR count). The van der Waals surface area contributed by atoms with Crippen LogP contribution in [-0.4, -0.2) is 19.1 Å². The first-order valence-corrected chi connectivity index (χ1v) is 4.71. The molecule has 3 nitrogen and oxygen atoms in total. The summed E-state index contributed by atoms with van der Waals surface area (Å²) in [5.41, 5.74) is 0. The average molecular weight is 185 g/mol. The molecule has 0 aliphatic carbocycles. The van der Waals surface area contributed by atoms with E-state index in [4.69, 9.17) is 4.74 Å². The van der Waals surface area contributed by atoms with Gasteiger partial charge in [-0.05, 0) is 18.0 Å². The Labute approximate surface area is 75.4 Å². The number of likely N-dealkylation sites (N-methyl/N-ethyl adjacent to an activating group) is 1. The Balaban J connectivity index is 2.27. The molecule has 0 atom stereocenters. The first-order chi connectivity index (χ1) is 5.83. The Kier molecular flexibility index (Phi) is 3.76. The number of hydrogen-bond donors (Lipinski definition) is 1. The van der Waals surface area contributed by atoms with Crippen molar-refractivity contribution in [3.05, 3.63) is 16.8 Å². The number of hydrogen-bond acceptors (Lipinski definition) is 4. The molecule has 0 aliphatic heterocycles. The van der Waals surface area contributed by atoms with Crippen molar-refractivity contribution in [2.45, 2.75) is 6.92 Å². The Bertz CT molecular complexity index is 233. The molecule has 1 heterocycles. The lowest BCUT2D eigenvalue weighted by Crippen LogP contribution is -2.26. The topological polar surface area (TPSA) is 38.3 Å². The van der Waals surface area contributed by atoms with Gasteiger partial charge < -0.3 is 10.1 Å². The van der Waals surface area contributed by atoms with Crippen LogP contribution in [0.2, 0.25) is 0 Å². The summed E-state index contributed by atoms with van der Waals surface area (Å²) < 4.78 is 4.97. The predicted octanol–water partition coefficient (Wildman–Crippen LogP) is 1.26. The fourth-order valence-electron chi connectivity index (χ4n) is 0.705. The largest absolute Gasteiger partial charge is 0.425 e. The maximum Gasteiger partial charge on any atom is 0.325 e. The fraction of sp³-hybridized carbons (Fsp3) is 0.375. The lowest BCUT2D eigenvalue weighted by Gasteiger charge is -2.00. The molecule has 0 spiro atoms. The number of carbonyl (C=O) groups is 1. The van der Waals surface area contributed by atoms with E-state index in [0.29, 0.717) is 5.75 Å². The summed E-state index contributed by atoms with van der Waals surface area (Å²) in [6.45, 7) is 2.99. The smallest absolute Gasteiger partial charge is 0.325 e. The molecule has 66 valence electrons. The highest BCUT2D eigenvalue weighted by atomic mass is 32.1. The van der Waals surface area contributed by atoms with E-state index in [1.807, 2.05) is 12.3 Å². The van der Waals surface area contributed by atoms with E-state index in [1.54, 1.807) is 11.4 Å². The SMILES string of the molecule is CCNCC(=O)Oc1ccsc1. The number of esters is 1. The molecule has 0 aromatic carbocycles. The van der Waals surface area contributed by atoms with Gasteiger partial charge in [-0.1, -0.05) is 6.92 Å². The van der Waals surface area contributed by atoms with Gasteiger partial charge in [0.15, 0.2) is 0 Å². The summed E-state index contributed by atoms with van der Waals surface area (Å²) in [7, 11) is 0. The molecule has 4 heteroatoms. The van der Waals surface area contributed by atoms with Crippen molar-refractivity contribution in [1.82, 2.24) is 5.32 Å². The van der Waals surface area contributed by atoms with Crippen LogP contribution in [0.25, 0.3) is 0 Å². The van der Waals surface area contributed by atoms with E-state index in [2.05, 4.69) is 5.32 Å². The number of thiophene rings is 1. The molecule has 0 bridgehead atoms. The number of ether oxygens (including phenoxy) is 1. The monoisotopic (exact) mass is 185 g/mol. The molecule has 0 saturated carbocycles. The van der Waals surface area contributed by atoms with Gasteiger partial charge in [-0.25, -0.2) is 0 Å². The van der Waals surface area contributed by atoms with Crippen LogP contribution < -0.4 is 10.1 Å². The third-order valence-electron chi connectivity index (χ3n) is 1.25. The minimum atomic E-state index is -0.241. The molecule has 0 fully saturated rings. The Morgan fingerprint density at radius 2 is 2.58 bits per heavy atom. The Morgan fingerprint density at radius 1 is 1.75 bits per heavy atom. The van der Waals surface area contributed by atoms with E-state index >= 15 is 0 Å². The van der Waals surface area contributed by atoms with E-state index < -0.39 is 0 Å². The fourth-order valence-corrected chi connectivity index (χ4v) is 1.26. The summed E-state index contributed by atoms with van der Waals surface area (Å²) >= 11 is 1.51. The van der Waals surface area contributed by atoms with Gasteiger partial charge in [0.25, 0.3) is 0 Å². The van der Waals surface area contributed by atoms with Gasteiger partial charge >= 0.3 is 5.97 Å². The zero-order valence-electron chi connectivity index (χ0n) is 6.87. The van der Waals surface area contributed by atoms with Gasteiger partial charge in [0, 0.05) is 5.38 Å². The molecular weight excluding hydrogens is 174 g/mol. The molecule has 0 unspecified atom stereocenters. The van der Waals surface area contributed by atoms with Crippen LogP contribution in [0.4, 0.5) is 0 Å². The normalized spacial score (nSPS) is 9.75.